The monoisotopic (exact) mass is 376 g/mol. The van der Waals surface area contributed by atoms with Crippen LogP contribution in [0.25, 0.3) is 10.9 Å². The third-order valence-corrected chi connectivity index (χ3v) is 6.06. The summed E-state index contributed by atoms with van der Waals surface area (Å²) in [6.07, 6.45) is 3.94. The second-order valence-corrected chi connectivity index (χ2v) is 7.96. The van der Waals surface area contributed by atoms with Gasteiger partial charge in [-0.15, -0.1) is 0 Å². The van der Waals surface area contributed by atoms with E-state index in [1.807, 2.05) is 18.2 Å². The molecule has 1 aliphatic carbocycles. The Morgan fingerprint density at radius 3 is 2.29 bits per heavy atom. The van der Waals surface area contributed by atoms with Gasteiger partial charge in [0.05, 0.1) is 0 Å². The number of pyridine rings is 1. The maximum atomic E-state index is 11.6. The van der Waals surface area contributed by atoms with Crippen LogP contribution in [0, 0.1) is 0 Å². The van der Waals surface area contributed by atoms with Gasteiger partial charge < -0.3 is 10.1 Å². The minimum Gasteiger partial charge on any atom is -0.372 e. The molecule has 0 aliphatic heterocycles. The van der Waals surface area contributed by atoms with Crippen molar-refractivity contribution in [2.45, 2.75) is 58.2 Å². The Balaban J connectivity index is 1.65. The molecule has 0 fully saturated rings. The van der Waals surface area contributed by atoms with Crippen molar-refractivity contribution in [3.05, 3.63) is 80.6 Å². The van der Waals surface area contributed by atoms with E-state index in [0.717, 1.165) is 42.1 Å². The number of hydrogen-bond donors (Lipinski definition) is 3. The van der Waals surface area contributed by atoms with Gasteiger partial charge in [0.15, 0.2) is 0 Å². The second-order valence-electron chi connectivity index (χ2n) is 7.96. The van der Waals surface area contributed by atoms with Crippen LogP contribution < -0.4 is 10.9 Å². The Kier molecular flexibility index (Phi) is 4.86. The van der Waals surface area contributed by atoms with E-state index in [1.54, 1.807) is 13.0 Å². The normalized spacial score (nSPS) is 16.3. The number of aromatic nitrogens is 1. The maximum absolute atomic E-state index is 11.6. The Morgan fingerprint density at radius 1 is 1.04 bits per heavy atom. The van der Waals surface area contributed by atoms with Crippen molar-refractivity contribution in [2.75, 3.05) is 0 Å². The van der Waals surface area contributed by atoms with E-state index in [4.69, 9.17) is 0 Å². The van der Waals surface area contributed by atoms with E-state index >= 15 is 0 Å². The highest BCUT2D eigenvalue weighted by atomic mass is 16.3. The number of benzene rings is 2. The van der Waals surface area contributed by atoms with Crippen LogP contribution in [-0.4, -0.2) is 16.1 Å². The summed E-state index contributed by atoms with van der Waals surface area (Å²) in [6.45, 7) is 6.21. The molecule has 3 N–H and O–H groups in total. The zero-order valence-corrected chi connectivity index (χ0v) is 16.8. The van der Waals surface area contributed by atoms with E-state index in [-0.39, 0.29) is 11.6 Å². The summed E-state index contributed by atoms with van der Waals surface area (Å²) >= 11 is 0. The van der Waals surface area contributed by atoms with E-state index in [1.165, 1.54) is 28.3 Å². The average molecular weight is 377 g/mol. The molecule has 0 amide bonds. The fourth-order valence-corrected chi connectivity index (χ4v) is 4.71. The molecule has 4 nitrogen and oxygen atoms in total. The molecule has 0 saturated carbocycles. The SMILES string of the molecule is CCc1ccc(CC)c2c1CC(N[C@](C)(O)c1cccc3[nH]c(=O)ccc13)C2. The van der Waals surface area contributed by atoms with Crippen LogP contribution in [0.1, 0.15) is 48.6 Å². The first-order valence-corrected chi connectivity index (χ1v) is 10.2. The van der Waals surface area contributed by atoms with Crippen molar-refractivity contribution in [1.82, 2.24) is 10.3 Å². The van der Waals surface area contributed by atoms with Gasteiger partial charge in [0, 0.05) is 28.6 Å². The van der Waals surface area contributed by atoms with Crippen molar-refractivity contribution in [3.8, 4) is 0 Å². The molecule has 1 atom stereocenters. The number of fused-ring (bicyclic) bond motifs is 2. The van der Waals surface area contributed by atoms with Gasteiger partial charge in [0.1, 0.15) is 5.72 Å². The Morgan fingerprint density at radius 2 is 1.68 bits per heavy atom. The lowest BCUT2D eigenvalue weighted by atomic mass is 9.96. The molecule has 3 aromatic rings. The van der Waals surface area contributed by atoms with Crippen molar-refractivity contribution in [3.63, 3.8) is 0 Å². The number of hydrogen-bond acceptors (Lipinski definition) is 3. The van der Waals surface area contributed by atoms with Crippen LogP contribution in [-0.2, 0) is 31.4 Å². The topological polar surface area (TPSA) is 65.1 Å². The molecule has 1 aromatic heterocycles. The lowest BCUT2D eigenvalue weighted by molar-refractivity contribution is 0.0101. The third-order valence-electron chi connectivity index (χ3n) is 6.06. The minimum absolute atomic E-state index is 0.136. The highest BCUT2D eigenvalue weighted by Gasteiger charge is 2.33. The highest BCUT2D eigenvalue weighted by Crippen LogP contribution is 2.33. The van der Waals surface area contributed by atoms with Gasteiger partial charge in [-0.25, -0.2) is 0 Å². The number of aromatic amines is 1. The van der Waals surface area contributed by atoms with Gasteiger partial charge in [0.25, 0.3) is 0 Å². The van der Waals surface area contributed by atoms with Gasteiger partial charge in [-0.2, -0.15) is 0 Å². The van der Waals surface area contributed by atoms with Crippen LogP contribution in [0.5, 0.6) is 0 Å². The van der Waals surface area contributed by atoms with Gasteiger partial charge in [0.2, 0.25) is 5.56 Å². The van der Waals surface area contributed by atoms with Crippen LogP contribution in [0.4, 0.5) is 0 Å². The molecule has 28 heavy (non-hydrogen) atoms. The lowest BCUT2D eigenvalue weighted by Gasteiger charge is -2.30. The third kappa shape index (κ3) is 3.27. The maximum Gasteiger partial charge on any atom is 0.248 e. The first-order chi connectivity index (χ1) is 13.4. The van der Waals surface area contributed by atoms with E-state index < -0.39 is 5.72 Å². The first-order valence-electron chi connectivity index (χ1n) is 10.2. The molecule has 2 aromatic carbocycles. The lowest BCUT2D eigenvalue weighted by Crippen LogP contribution is -2.46. The average Bonchev–Trinajstić information content (AvgIpc) is 3.09. The number of nitrogens with one attached hydrogen (secondary N) is 2. The smallest absolute Gasteiger partial charge is 0.248 e. The Bertz CT molecular complexity index is 1050. The Labute approximate surface area is 165 Å². The Hall–Kier alpha value is -2.43. The number of H-pyrrole nitrogens is 1. The number of rotatable bonds is 5. The fourth-order valence-electron chi connectivity index (χ4n) is 4.71. The van der Waals surface area contributed by atoms with Gasteiger partial charge in [-0.1, -0.05) is 38.1 Å². The quantitative estimate of drug-likeness (QED) is 0.597. The molecule has 1 aliphatic rings. The molecular formula is C24H28N2O2. The molecule has 4 heteroatoms. The minimum atomic E-state index is -1.19. The highest BCUT2D eigenvalue weighted by molar-refractivity contribution is 5.82. The first kappa shape index (κ1) is 18.9. The molecule has 0 radical (unpaired) electrons. The van der Waals surface area contributed by atoms with Crippen molar-refractivity contribution in [1.29, 1.82) is 0 Å². The predicted molar refractivity (Wildman–Crippen MR) is 114 cm³/mol. The van der Waals surface area contributed by atoms with Crippen molar-refractivity contribution >= 4 is 10.9 Å². The zero-order chi connectivity index (χ0) is 19.9. The summed E-state index contributed by atoms with van der Waals surface area (Å²) in [4.78, 5) is 14.5. The molecule has 146 valence electrons. The fraction of sp³-hybridized carbons (Fsp3) is 0.375. The van der Waals surface area contributed by atoms with E-state index in [0.29, 0.717) is 0 Å². The molecular weight excluding hydrogens is 348 g/mol. The van der Waals surface area contributed by atoms with E-state index in [9.17, 15) is 9.90 Å². The predicted octanol–water partition coefficient (Wildman–Crippen LogP) is 3.57. The summed E-state index contributed by atoms with van der Waals surface area (Å²) in [5.41, 5.74) is 5.94. The summed E-state index contributed by atoms with van der Waals surface area (Å²) in [5, 5.41) is 15.7. The van der Waals surface area contributed by atoms with Crippen molar-refractivity contribution in [2.24, 2.45) is 0 Å². The largest absolute Gasteiger partial charge is 0.372 e. The zero-order valence-electron chi connectivity index (χ0n) is 16.8. The molecule has 0 bridgehead atoms. The number of aliphatic hydroxyl groups is 1. The summed E-state index contributed by atoms with van der Waals surface area (Å²) in [6, 6.07) is 13.7. The summed E-state index contributed by atoms with van der Waals surface area (Å²) < 4.78 is 0. The van der Waals surface area contributed by atoms with Crippen LogP contribution >= 0.6 is 0 Å². The summed E-state index contributed by atoms with van der Waals surface area (Å²) in [7, 11) is 0. The molecule has 4 rings (SSSR count). The van der Waals surface area contributed by atoms with Crippen LogP contribution in [0.2, 0.25) is 0 Å². The molecule has 0 unspecified atom stereocenters. The van der Waals surface area contributed by atoms with Crippen molar-refractivity contribution < 1.29 is 5.11 Å². The summed E-state index contributed by atoms with van der Waals surface area (Å²) in [5.74, 6) is 0. The van der Waals surface area contributed by atoms with E-state index in [2.05, 4.69) is 36.3 Å². The van der Waals surface area contributed by atoms with Gasteiger partial charge in [-0.05, 0) is 67.0 Å². The van der Waals surface area contributed by atoms with Crippen LogP contribution in [0.15, 0.2) is 47.3 Å². The second kappa shape index (κ2) is 7.19. The van der Waals surface area contributed by atoms with Gasteiger partial charge >= 0.3 is 0 Å². The molecule has 1 heterocycles. The van der Waals surface area contributed by atoms with Crippen LogP contribution in [0.3, 0.4) is 0 Å². The molecule has 0 spiro atoms. The molecule has 0 saturated heterocycles. The van der Waals surface area contributed by atoms with Gasteiger partial charge in [-0.3, -0.25) is 10.1 Å². The standard InChI is InChI=1S/C24H28N2O2/c1-4-15-9-10-16(5-2)20-14-17(13-19(15)20)26-24(3,28)21-7-6-8-22-18(21)11-12-23(27)25-22/h6-12,17,26,28H,4-5,13-14H2,1-3H3,(H,25,27)/t24-/m1/s1. The number of aryl methyl sites for hydroxylation is 2.